The zero-order valence-electron chi connectivity index (χ0n) is 29.9. The highest BCUT2D eigenvalue weighted by atomic mass is 32.1. The van der Waals surface area contributed by atoms with Crippen molar-refractivity contribution in [2.45, 2.75) is 12.5 Å². The molecule has 4 aromatic carbocycles. The second-order valence-corrected chi connectivity index (χ2v) is 14.3. The van der Waals surface area contributed by atoms with Crippen molar-refractivity contribution in [2.75, 3.05) is 9.80 Å². The van der Waals surface area contributed by atoms with Crippen molar-refractivity contribution in [3.8, 4) is 43.1 Å². The normalized spacial score (nSPS) is 13.4. The fourth-order valence-electron chi connectivity index (χ4n) is 7.04. The van der Waals surface area contributed by atoms with Crippen molar-refractivity contribution in [3.05, 3.63) is 195 Å². The van der Waals surface area contributed by atoms with E-state index in [1.807, 2.05) is 55.4 Å². The van der Waals surface area contributed by atoms with Gasteiger partial charge < -0.3 is 9.80 Å². The lowest BCUT2D eigenvalue weighted by Gasteiger charge is -2.32. The third-order valence-electron chi connectivity index (χ3n) is 9.73. The highest BCUT2D eigenvalue weighted by molar-refractivity contribution is 7.18. The molecule has 0 aliphatic carbocycles. The van der Waals surface area contributed by atoms with Gasteiger partial charge in [-0.2, -0.15) is 0 Å². The van der Waals surface area contributed by atoms with Gasteiger partial charge in [-0.15, -0.1) is 11.3 Å². The van der Waals surface area contributed by atoms with Crippen LogP contribution in [0.15, 0.2) is 200 Å². The molecule has 0 radical (unpaired) electrons. The molecule has 0 saturated heterocycles. The lowest BCUT2D eigenvalue weighted by atomic mass is 10.0. The topological polar surface area (TPSA) is 57.5 Å². The number of rotatable bonds is 10. The molecule has 55 heavy (non-hydrogen) atoms. The van der Waals surface area contributed by atoms with Crippen LogP contribution >= 0.6 is 11.3 Å². The van der Waals surface area contributed by atoms with Gasteiger partial charge in [-0.3, -0.25) is 19.9 Å². The summed E-state index contributed by atoms with van der Waals surface area (Å²) in [4.78, 5) is 24.7. The maximum absolute atomic E-state index is 4.51. The summed E-state index contributed by atoms with van der Waals surface area (Å²) in [6.07, 6.45) is 18.1. The van der Waals surface area contributed by atoms with Crippen molar-refractivity contribution in [3.63, 3.8) is 0 Å². The van der Waals surface area contributed by atoms with Gasteiger partial charge in [0.25, 0.3) is 0 Å². The van der Waals surface area contributed by atoms with E-state index < -0.39 is 0 Å². The van der Waals surface area contributed by atoms with E-state index in [9.17, 15) is 0 Å². The Labute approximate surface area is 325 Å². The van der Waals surface area contributed by atoms with Crippen LogP contribution in [-0.2, 0) is 0 Å². The summed E-state index contributed by atoms with van der Waals surface area (Å²) in [7, 11) is 0. The third kappa shape index (κ3) is 7.34. The number of benzene rings is 4. The van der Waals surface area contributed by atoms with Crippen molar-refractivity contribution in [1.82, 2.24) is 15.0 Å². The second kappa shape index (κ2) is 15.6. The molecular formula is C48H36N6S. The van der Waals surface area contributed by atoms with Crippen LogP contribution in [0.4, 0.5) is 28.4 Å². The Morgan fingerprint density at radius 1 is 0.455 bits per heavy atom. The average molecular weight is 729 g/mol. The van der Waals surface area contributed by atoms with Gasteiger partial charge in [0, 0.05) is 87.0 Å². The van der Waals surface area contributed by atoms with Crippen LogP contribution in [0.1, 0.15) is 6.42 Å². The number of thiophene rings is 1. The minimum Gasteiger partial charge on any atom is -0.333 e. The van der Waals surface area contributed by atoms with E-state index in [1.165, 1.54) is 20.9 Å². The number of hydrogen-bond donors (Lipinski definition) is 0. The van der Waals surface area contributed by atoms with Gasteiger partial charge >= 0.3 is 0 Å². The van der Waals surface area contributed by atoms with Gasteiger partial charge in [0.15, 0.2) is 0 Å². The van der Waals surface area contributed by atoms with Crippen LogP contribution in [0.25, 0.3) is 43.1 Å². The van der Waals surface area contributed by atoms with Gasteiger partial charge in [-0.05, 0) is 114 Å². The van der Waals surface area contributed by atoms with Crippen LogP contribution in [0.5, 0.6) is 0 Å². The molecule has 0 saturated carbocycles. The van der Waals surface area contributed by atoms with Gasteiger partial charge in [-0.1, -0.05) is 66.7 Å². The quantitative estimate of drug-likeness (QED) is 0.140. The zero-order chi connectivity index (χ0) is 36.8. The summed E-state index contributed by atoms with van der Waals surface area (Å²) in [6.45, 7) is 0. The molecule has 0 spiro atoms. The Morgan fingerprint density at radius 2 is 1.00 bits per heavy atom. The fourth-order valence-corrected chi connectivity index (χ4v) is 8.06. The van der Waals surface area contributed by atoms with Crippen LogP contribution < -0.4 is 9.80 Å². The number of aliphatic imine (C=N–C) groups is 1. The predicted octanol–water partition coefficient (Wildman–Crippen LogP) is 12.6. The highest BCUT2D eigenvalue weighted by Gasteiger charge is 2.21. The SMILES string of the molecule is C1=CN=CC(N(c2ccc(-c3ccc(-c4ccc(N(c5cccnc5)c5cccc(-c6cccnc6)c5)cc4)s3)cc2)c2cccc(-c3cccnc3)c2)C1. The lowest BCUT2D eigenvalue weighted by Crippen LogP contribution is -2.32. The molecule has 264 valence electrons. The van der Waals surface area contributed by atoms with Crippen molar-refractivity contribution < 1.29 is 0 Å². The summed E-state index contributed by atoms with van der Waals surface area (Å²) < 4.78 is 0. The molecule has 0 N–H and O–H groups in total. The summed E-state index contributed by atoms with van der Waals surface area (Å²) in [5, 5.41) is 0. The minimum absolute atomic E-state index is 0.107. The van der Waals surface area contributed by atoms with E-state index >= 15 is 0 Å². The molecule has 1 atom stereocenters. The fraction of sp³-hybridized carbons (Fsp3) is 0.0417. The summed E-state index contributed by atoms with van der Waals surface area (Å²) in [5.41, 5.74) is 12.1. The molecule has 9 rings (SSSR count). The van der Waals surface area contributed by atoms with Crippen molar-refractivity contribution in [1.29, 1.82) is 0 Å². The first kappa shape index (κ1) is 33.8. The molecule has 1 aliphatic heterocycles. The van der Waals surface area contributed by atoms with E-state index in [0.717, 1.165) is 57.1 Å². The first-order valence-corrected chi connectivity index (χ1v) is 19.1. The first-order chi connectivity index (χ1) is 27.3. The van der Waals surface area contributed by atoms with Crippen molar-refractivity contribution in [2.24, 2.45) is 4.99 Å². The molecule has 0 bridgehead atoms. The Kier molecular flexibility index (Phi) is 9.58. The molecule has 8 aromatic rings. The first-order valence-electron chi connectivity index (χ1n) is 18.3. The van der Waals surface area contributed by atoms with E-state index in [1.54, 1.807) is 23.7 Å². The van der Waals surface area contributed by atoms with Crippen LogP contribution in [0.3, 0.4) is 0 Å². The van der Waals surface area contributed by atoms with Crippen LogP contribution in [0, 0.1) is 0 Å². The Hall–Kier alpha value is -6.96. The molecule has 6 nitrogen and oxygen atoms in total. The molecule has 4 aromatic heterocycles. The number of anilines is 5. The average Bonchev–Trinajstić information content (AvgIpc) is 3.77. The largest absolute Gasteiger partial charge is 0.333 e. The van der Waals surface area contributed by atoms with E-state index in [-0.39, 0.29) is 6.04 Å². The standard InChI is InChI=1S/C48H36N6S/c1-7-37(39-9-3-25-49-31-39)29-43(11-1)53(45-13-5-27-51-33-45)41-19-15-35(16-20-41)47-23-24-48(55-47)36-17-21-42(22-18-36)54(46-14-6-28-52-34-46)44-12-2-8-38(30-44)40-10-4-26-50-32-40/h1-13,15-34,46H,14H2. The zero-order valence-corrected chi connectivity index (χ0v) is 30.7. The second-order valence-electron chi connectivity index (χ2n) is 13.2. The number of hydrogen-bond acceptors (Lipinski definition) is 7. The Morgan fingerprint density at radius 3 is 1.56 bits per heavy atom. The van der Waals surface area contributed by atoms with E-state index in [0.29, 0.717) is 0 Å². The monoisotopic (exact) mass is 728 g/mol. The molecule has 0 amide bonds. The van der Waals surface area contributed by atoms with E-state index in [4.69, 9.17) is 0 Å². The summed E-state index contributed by atoms with van der Waals surface area (Å²) in [5.74, 6) is 0. The molecule has 0 fully saturated rings. The van der Waals surface area contributed by atoms with Gasteiger partial charge in [0.1, 0.15) is 0 Å². The number of aromatic nitrogens is 3. The van der Waals surface area contributed by atoms with Gasteiger partial charge in [0.2, 0.25) is 0 Å². The highest BCUT2D eigenvalue weighted by Crippen LogP contribution is 2.40. The minimum atomic E-state index is 0.107. The summed E-state index contributed by atoms with van der Waals surface area (Å²) in [6, 6.07) is 51.7. The summed E-state index contributed by atoms with van der Waals surface area (Å²) >= 11 is 1.80. The number of pyridine rings is 3. The Bertz CT molecular complexity index is 2570. The maximum Gasteiger partial charge on any atom is 0.0728 e. The van der Waals surface area contributed by atoms with Crippen molar-refractivity contribution >= 4 is 46.0 Å². The van der Waals surface area contributed by atoms with Crippen LogP contribution in [0.2, 0.25) is 0 Å². The van der Waals surface area contributed by atoms with Crippen LogP contribution in [-0.4, -0.2) is 27.2 Å². The maximum atomic E-state index is 4.51. The molecular weight excluding hydrogens is 693 g/mol. The smallest absolute Gasteiger partial charge is 0.0728 e. The Balaban J connectivity index is 0.980. The lowest BCUT2D eigenvalue weighted by molar-refractivity contribution is 0.832. The molecule has 7 heteroatoms. The molecule has 1 aliphatic rings. The predicted molar refractivity (Wildman–Crippen MR) is 229 cm³/mol. The van der Waals surface area contributed by atoms with Gasteiger partial charge in [-0.25, -0.2) is 0 Å². The molecule has 1 unspecified atom stereocenters. The molecule has 5 heterocycles. The number of nitrogens with zero attached hydrogens (tertiary/aromatic N) is 6. The van der Waals surface area contributed by atoms with Gasteiger partial charge in [0.05, 0.1) is 17.9 Å². The van der Waals surface area contributed by atoms with E-state index in [2.05, 4.69) is 163 Å². The third-order valence-corrected chi connectivity index (χ3v) is 10.9.